The minimum absolute atomic E-state index is 0.0838. The second kappa shape index (κ2) is 7.40. The van der Waals surface area contributed by atoms with Crippen molar-refractivity contribution in [1.29, 1.82) is 0 Å². The van der Waals surface area contributed by atoms with Crippen molar-refractivity contribution >= 4 is 16.1 Å². The van der Waals surface area contributed by atoms with Gasteiger partial charge >= 0.3 is 0 Å². The first-order chi connectivity index (χ1) is 12.6. The SMILES string of the molecule is CN(C)S(=O)(=O)N1CC[C@@H]2[C@@H](CCCN2C(=O)c2cc(F)c(F)cc2F)C1. The maximum absolute atomic E-state index is 14.0. The van der Waals surface area contributed by atoms with Crippen LogP contribution in [0.2, 0.25) is 0 Å². The van der Waals surface area contributed by atoms with Crippen LogP contribution in [0.25, 0.3) is 0 Å². The molecule has 0 unspecified atom stereocenters. The molecule has 6 nitrogen and oxygen atoms in total. The quantitative estimate of drug-likeness (QED) is 0.721. The van der Waals surface area contributed by atoms with E-state index < -0.39 is 39.1 Å². The van der Waals surface area contributed by atoms with Gasteiger partial charge in [-0.2, -0.15) is 17.0 Å². The van der Waals surface area contributed by atoms with E-state index in [-0.39, 0.29) is 25.0 Å². The van der Waals surface area contributed by atoms with Crippen LogP contribution in [0.15, 0.2) is 12.1 Å². The van der Waals surface area contributed by atoms with Crippen LogP contribution in [-0.4, -0.2) is 67.6 Å². The first kappa shape index (κ1) is 20.1. The highest BCUT2D eigenvalue weighted by atomic mass is 32.2. The molecule has 150 valence electrons. The van der Waals surface area contributed by atoms with Gasteiger partial charge < -0.3 is 4.90 Å². The van der Waals surface area contributed by atoms with Gasteiger partial charge in [0.05, 0.1) is 5.56 Å². The molecule has 0 aliphatic carbocycles. The average molecular weight is 405 g/mol. The molecular formula is C17H22F3N3O3S. The highest BCUT2D eigenvalue weighted by Gasteiger charge is 2.42. The summed E-state index contributed by atoms with van der Waals surface area (Å²) in [5, 5.41) is 0. The van der Waals surface area contributed by atoms with Crippen molar-refractivity contribution in [3.63, 3.8) is 0 Å². The van der Waals surface area contributed by atoms with Crippen LogP contribution >= 0.6 is 0 Å². The fourth-order valence-electron chi connectivity index (χ4n) is 3.90. The molecule has 0 spiro atoms. The van der Waals surface area contributed by atoms with Crippen LogP contribution in [0, 0.1) is 23.4 Å². The second-order valence-electron chi connectivity index (χ2n) is 7.15. The third kappa shape index (κ3) is 3.70. The molecule has 2 saturated heterocycles. The van der Waals surface area contributed by atoms with E-state index in [1.807, 2.05) is 0 Å². The first-order valence-corrected chi connectivity index (χ1v) is 10.2. The third-order valence-electron chi connectivity index (χ3n) is 5.32. The van der Waals surface area contributed by atoms with Gasteiger partial charge in [-0.1, -0.05) is 0 Å². The predicted molar refractivity (Wildman–Crippen MR) is 92.7 cm³/mol. The van der Waals surface area contributed by atoms with Crippen molar-refractivity contribution in [2.24, 2.45) is 5.92 Å². The number of halogens is 3. The molecule has 1 aromatic carbocycles. The summed E-state index contributed by atoms with van der Waals surface area (Å²) < 4.78 is 67.9. The topological polar surface area (TPSA) is 60.9 Å². The highest BCUT2D eigenvalue weighted by molar-refractivity contribution is 7.86. The summed E-state index contributed by atoms with van der Waals surface area (Å²) in [6, 6.07) is 0.700. The Morgan fingerprint density at radius 2 is 1.74 bits per heavy atom. The summed E-state index contributed by atoms with van der Waals surface area (Å²) in [5.41, 5.74) is -0.502. The Bertz CT molecular complexity index is 847. The summed E-state index contributed by atoms with van der Waals surface area (Å²) >= 11 is 0. The molecule has 2 aliphatic rings. The second-order valence-corrected chi connectivity index (χ2v) is 9.29. The zero-order valence-corrected chi connectivity index (χ0v) is 16.0. The molecule has 0 radical (unpaired) electrons. The van der Waals surface area contributed by atoms with Gasteiger partial charge in [-0.05, 0) is 31.2 Å². The minimum atomic E-state index is -3.55. The van der Waals surface area contributed by atoms with E-state index in [1.165, 1.54) is 23.3 Å². The zero-order valence-electron chi connectivity index (χ0n) is 15.2. The molecule has 27 heavy (non-hydrogen) atoms. The van der Waals surface area contributed by atoms with Crippen LogP contribution in [-0.2, 0) is 10.2 Å². The monoisotopic (exact) mass is 405 g/mol. The number of likely N-dealkylation sites (tertiary alicyclic amines) is 1. The Morgan fingerprint density at radius 1 is 1.07 bits per heavy atom. The molecule has 1 aromatic rings. The fourth-order valence-corrected chi connectivity index (χ4v) is 5.08. The van der Waals surface area contributed by atoms with E-state index in [2.05, 4.69) is 0 Å². The lowest BCUT2D eigenvalue weighted by Gasteiger charge is -2.47. The molecule has 0 saturated carbocycles. The minimum Gasteiger partial charge on any atom is -0.335 e. The number of carbonyl (C=O) groups is 1. The third-order valence-corrected chi connectivity index (χ3v) is 7.23. The molecule has 2 atom stereocenters. The van der Waals surface area contributed by atoms with Crippen molar-refractivity contribution in [3.8, 4) is 0 Å². The summed E-state index contributed by atoms with van der Waals surface area (Å²) in [6.07, 6.45) is 1.79. The van der Waals surface area contributed by atoms with Crippen molar-refractivity contribution < 1.29 is 26.4 Å². The van der Waals surface area contributed by atoms with Gasteiger partial charge in [0.1, 0.15) is 5.82 Å². The summed E-state index contributed by atoms with van der Waals surface area (Å²) in [7, 11) is -0.621. The molecule has 3 rings (SSSR count). The Balaban J connectivity index is 1.82. The summed E-state index contributed by atoms with van der Waals surface area (Å²) in [5.74, 6) is -4.50. The fraction of sp³-hybridized carbons (Fsp3) is 0.588. The van der Waals surface area contributed by atoms with Gasteiger partial charge in [0.15, 0.2) is 11.6 Å². The standard InChI is InChI=1S/C17H22F3N3O3S/c1-21(2)27(25,26)22-7-5-16-11(10-22)4-3-6-23(16)17(24)12-8-14(19)15(20)9-13(12)18/h8-9,11,16H,3-7,10H2,1-2H3/t11-,16+/m0/s1. The van der Waals surface area contributed by atoms with Gasteiger partial charge in [-0.25, -0.2) is 13.2 Å². The first-order valence-electron chi connectivity index (χ1n) is 8.76. The lowest BCUT2D eigenvalue weighted by Crippen LogP contribution is -2.57. The number of hydrogen-bond acceptors (Lipinski definition) is 3. The highest BCUT2D eigenvalue weighted by Crippen LogP contribution is 2.33. The van der Waals surface area contributed by atoms with Gasteiger partial charge in [0.2, 0.25) is 0 Å². The summed E-state index contributed by atoms with van der Waals surface area (Å²) in [6.45, 7) is 0.889. The van der Waals surface area contributed by atoms with Crippen molar-refractivity contribution in [2.75, 3.05) is 33.7 Å². The molecule has 2 fully saturated rings. The molecule has 0 aromatic heterocycles. The van der Waals surface area contributed by atoms with Crippen molar-refractivity contribution in [3.05, 3.63) is 35.1 Å². The van der Waals surface area contributed by atoms with Gasteiger partial charge in [-0.3, -0.25) is 4.79 Å². The molecule has 0 bridgehead atoms. The molecular weight excluding hydrogens is 383 g/mol. The normalized spacial score (nSPS) is 24.1. The van der Waals surface area contributed by atoms with E-state index in [9.17, 15) is 26.4 Å². The maximum Gasteiger partial charge on any atom is 0.281 e. The number of benzene rings is 1. The number of amides is 1. The number of nitrogens with zero attached hydrogens (tertiary/aromatic N) is 3. The van der Waals surface area contributed by atoms with Crippen LogP contribution in [0.5, 0.6) is 0 Å². The Labute approximate surface area is 156 Å². The van der Waals surface area contributed by atoms with Crippen LogP contribution < -0.4 is 0 Å². The van der Waals surface area contributed by atoms with E-state index in [1.54, 1.807) is 0 Å². The Morgan fingerprint density at radius 3 is 2.41 bits per heavy atom. The number of carbonyl (C=O) groups excluding carboxylic acids is 1. The van der Waals surface area contributed by atoms with E-state index in [0.29, 0.717) is 31.5 Å². The van der Waals surface area contributed by atoms with Crippen LogP contribution in [0.3, 0.4) is 0 Å². The molecule has 0 N–H and O–H groups in total. The maximum atomic E-state index is 14.0. The van der Waals surface area contributed by atoms with Crippen LogP contribution in [0.1, 0.15) is 29.6 Å². The largest absolute Gasteiger partial charge is 0.335 e. The number of piperidine rings is 2. The van der Waals surface area contributed by atoms with E-state index in [4.69, 9.17) is 0 Å². The van der Waals surface area contributed by atoms with Crippen LogP contribution in [0.4, 0.5) is 13.2 Å². The Kier molecular flexibility index (Phi) is 5.51. The predicted octanol–water partition coefficient (Wildman–Crippen LogP) is 1.84. The number of fused-ring (bicyclic) bond motifs is 1. The van der Waals surface area contributed by atoms with Gasteiger partial charge in [0.25, 0.3) is 16.1 Å². The smallest absolute Gasteiger partial charge is 0.281 e. The molecule has 2 aliphatic heterocycles. The molecule has 2 heterocycles. The lowest BCUT2D eigenvalue weighted by molar-refractivity contribution is 0.0325. The number of rotatable bonds is 3. The average Bonchev–Trinajstić information content (AvgIpc) is 2.63. The molecule has 1 amide bonds. The van der Waals surface area contributed by atoms with E-state index in [0.717, 1.165) is 10.7 Å². The zero-order chi connectivity index (χ0) is 19.9. The number of hydrogen-bond donors (Lipinski definition) is 0. The summed E-state index contributed by atoms with van der Waals surface area (Å²) in [4.78, 5) is 14.3. The molecule has 10 heteroatoms. The lowest BCUT2D eigenvalue weighted by atomic mass is 9.84. The Hall–Kier alpha value is -1.65. The van der Waals surface area contributed by atoms with E-state index >= 15 is 0 Å². The van der Waals surface area contributed by atoms with Crippen molar-refractivity contribution in [2.45, 2.75) is 25.3 Å². The van der Waals surface area contributed by atoms with Crippen molar-refractivity contribution in [1.82, 2.24) is 13.5 Å². The van der Waals surface area contributed by atoms with Gasteiger partial charge in [0, 0.05) is 45.8 Å². The van der Waals surface area contributed by atoms with Gasteiger partial charge in [-0.15, -0.1) is 0 Å².